The van der Waals surface area contributed by atoms with Gasteiger partial charge in [0.1, 0.15) is 0 Å². The predicted octanol–water partition coefficient (Wildman–Crippen LogP) is 1.10. The molecule has 0 saturated carbocycles. The number of carbonyl (C=O) groups is 1. The molecule has 17 heavy (non-hydrogen) atoms. The van der Waals surface area contributed by atoms with Gasteiger partial charge in [-0.1, -0.05) is 11.6 Å². The summed E-state index contributed by atoms with van der Waals surface area (Å²) in [5.41, 5.74) is 0. The van der Waals surface area contributed by atoms with Crippen LogP contribution in [0.25, 0.3) is 0 Å². The van der Waals surface area contributed by atoms with Crippen molar-refractivity contribution >= 4 is 40.6 Å². The Morgan fingerprint density at radius 1 is 1.59 bits per heavy atom. The number of nitrogens with one attached hydrogen (secondary N) is 1. The van der Waals surface area contributed by atoms with Crippen LogP contribution in [0.15, 0.2) is 12.1 Å². The second kappa shape index (κ2) is 7.94. The zero-order chi connectivity index (χ0) is 12.7. The molecule has 1 aromatic rings. The third kappa shape index (κ3) is 6.28. The molecule has 0 bridgehead atoms. The molecule has 1 unspecified atom stereocenters. The summed E-state index contributed by atoms with van der Waals surface area (Å²) < 4.78 is 0.746. The zero-order valence-electron chi connectivity index (χ0n) is 9.06. The first kappa shape index (κ1) is 14.8. The fraction of sp³-hybridized carbons (Fsp3) is 0.500. The molecule has 4 nitrogen and oxygen atoms in total. The molecule has 3 N–H and O–H groups in total. The molecule has 0 saturated heterocycles. The summed E-state index contributed by atoms with van der Waals surface area (Å²) in [5, 5.41) is 20.1. The highest BCUT2D eigenvalue weighted by atomic mass is 35.5. The van der Waals surface area contributed by atoms with Crippen LogP contribution in [0.4, 0.5) is 0 Å². The van der Waals surface area contributed by atoms with E-state index in [0.717, 1.165) is 15.0 Å². The van der Waals surface area contributed by atoms with Gasteiger partial charge in [-0.2, -0.15) is 0 Å². The number of aliphatic hydroxyl groups excluding tert-OH is 2. The van der Waals surface area contributed by atoms with Crippen molar-refractivity contribution in [2.75, 3.05) is 18.9 Å². The molecule has 7 heteroatoms. The molecule has 1 aromatic heterocycles. The molecule has 0 spiro atoms. The minimum atomic E-state index is -0.889. The number of amides is 1. The van der Waals surface area contributed by atoms with Crippen LogP contribution in [0.3, 0.4) is 0 Å². The van der Waals surface area contributed by atoms with Gasteiger partial charge in [-0.05, 0) is 12.1 Å². The average molecular weight is 296 g/mol. The maximum absolute atomic E-state index is 11.3. The number of thioether (sulfide) groups is 1. The molecule has 0 aliphatic carbocycles. The largest absolute Gasteiger partial charge is 0.394 e. The summed E-state index contributed by atoms with van der Waals surface area (Å²) in [7, 11) is 0. The lowest BCUT2D eigenvalue weighted by Crippen LogP contribution is -2.34. The summed E-state index contributed by atoms with van der Waals surface area (Å²) >= 11 is 8.76. The molecule has 96 valence electrons. The molecule has 0 aromatic carbocycles. The lowest BCUT2D eigenvalue weighted by Gasteiger charge is -2.08. The molecule has 1 heterocycles. The van der Waals surface area contributed by atoms with Crippen molar-refractivity contribution in [1.29, 1.82) is 0 Å². The van der Waals surface area contributed by atoms with Crippen molar-refractivity contribution in [3.8, 4) is 0 Å². The topological polar surface area (TPSA) is 69.6 Å². The highest BCUT2D eigenvalue weighted by molar-refractivity contribution is 7.99. The Kier molecular flexibility index (Phi) is 6.91. The van der Waals surface area contributed by atoms with E-state index in [9.17, 15) is 4.79 Å². The van der Waals surface area contributed by atoms with Gasteiger partial charge in [0.25, 0.3) is 0 Å². The number of aliphatic hydroxyl groups is 2. The summed E-state index contributed by atoms with van der Waals surface area (Å²) in [6, 6.07) is 3.77. The van der Waals surface area contributed by atoms with Crippen LogP contribution in [-0.2, 0) is 10.5 Å². The van der Waals surface area contributed by atoms with E-state index < -0.39 is 6.10 Å². The number of halogens is 1. The van der Waals surface area contributed by atoms with E-state index in [0.29, 0.717) is 5.75 Å². The second-order valence-electron chi connectivity index (χ2n) is 3.34. The Morgan fingerprint density at radius 3 is 2.94 bits per heavy atom. The van der Waals surface area contributed by atoms with Gasteiger partial charge >= 0.3 is 0 Å². The van der Waals surface area contributed by atoms with E-state index in [4.69, 9.17) is 21.8 Å². The van der Waals surface area contributed by atoms with Gasteiger partial charge in [0.05, 0.1) is 22.8 Å². The van der Waals surface area contributed by atoms with Gasteiger partial charge in [-0.25, -0.2) is 0 Å². The number of thiophene rings is 1. The average Bonchev–Trinajstić information content (AvgIpc) is 2.72. The van der Waals surface area contributed by atoms with Crippen molar-refractivity contribution in [3.05, 3.63) is 21.3 Å². The van der Waals surface area contributed by atoms with E-state index in [1.54, 1.807) is 0 Å². The predicted molar refractivity (Wildman–Crippen MR) is 71.6 cm³/mol. The molecule has 0 aliphatic heterocycles. The highest BCUT2D eigenvalue weighted by Gasteiger charge is 2.06. The van der Waals surface area contributed by atoms with Crippen LogP contribution < -0.4 is 5.32 Å². The van der Waals surface area contributed by atoms with Crippen LogP contribution in [0.1, 0.15) is 4.88 Å². The Balaban J connectivity index is 2.12. The normalized spacial score (nSPS) is 12.4. The quantitative estimate of drug-likeness (QED) is 0.705. The third-order valence-corrected chi connectivity index (χ3v) is 4.25. The van der Waals surface area contributed by atoms with Crippen molar-refractivity contribution < 1.29 is 15.0 Å². The monoisotopic (exact) mass is 295 g/mol. The molecule has 0 aliphatic rings. The lowest BCUT2D eigenvalue weighted by atomic mass is 10.4. The van der Waals surface area contributed by atoms with Crippen LogP contribution in [-0.4, -0.2) is 41.1 Å². The number of hydrogen-bond donors (Lipinski definition) is 3. The van der Waals surface area contributed by atoms with Crippen LogP contribution in [0.2, 0.25) is 4.34 Å². The number of rotatable bonds is 7. The third-order valence-electron chi connectivity index (χ3n) is 1.85. The van der Waals surface area contributed by atoms with Gasteiger partial charge < -0.3 is 15.5 Å². The SMILES string of the molecule is O=C(CSCc1ccc(Cl)s1)NCC(O)CO. The van der Waals surface area contributed by atoms with Crippen LogP contribution in [0.5, 0.6) is 0 Å². The maximum atomic E-state index is 11.3. The van der Waals surface area contributed by atoms with E-state index in [-0.39, 0.29) is 19.1 Å². The molecular formula is C10H14ClNO3S2. The van der Waals surface area contributed by atoms with Crippen LogP contribution in [0, 0.1) is 0 Å². The van der Waals surface area contributed by atoms with Gasteiger partial charge in [0, 0.05) is 17.2 Å². The summed E-state index contributed by atoms with van der Waals surface area (Å²) in [6.07, 6.45) is -0.889. The second-order valence-corrected chi connectivity index (χ2v) is 6.12. The van der Waals surface area contributed by atoms with Gasteiger partial charge in [0.15, 0.2) is 0 Å². The maximum Gasteiger partial charge on any atom is 0.230 e. The van der Waals surface area contributed by atoms with Gasteiger partial charge in [0.2, 0.25) is 5.91 Å². The standard InChI is InChI=1S/C10H14ClNO3S2/c11-9-2-1-8(17-9)5-16-6-10(15)12-3-7(14)4-13/h1-2,7,13-14H,3-6H2,(H,12,15). The fourth-order valence-corrected chi connectivity index (χ4v) is 3.08. The minimum Gasteiger partial charge on any atom is -0.394 e. The number of carbonyl (C=O) groups excluding carboxylic acids is 1. The molecular weight excluding hydrogens is 282 g/mol. The van der Waals surface area contributed by atoms with Crippen molar-refractivity contribution in [1.82, 2.24) is 5.32 Å². The van der Waals surface area contributed by atoms with E-state index in [1.165, 1.54) is 23.1 Å². The van der Waals surface area contributed by atoms with Crippen molar-refractivity contribution in [3.63, 3.8) is 0 Å². The number of hydrogen-bond acceptors (Lipinski definition) is 5. The van der Waals surface area contributed by atoms with E-state index in [1.807, 2.05) is 12.1 Å². The summed E-state index contributed by atoms with van der Waals surface area (Å²) in [5.74, 6) is 0.922. The van der Waals surface area contributed by atoms with Crippen molar-refractivity contribution in [2.45, 2.75) is 11.9 Å². The molecule has 1 rings (SSSR count). The summed E-state index contributed by atoms with van der Waals surface area (Å²) in [6.45, 7) is -0.262. The fourth-order valence-electron chi connectivity index (χ4n) is 1.02. The molecule has 1 atom stereocenters. The highest BCUT2D eigenvalue weighted by Crippen LogP contribution is 2.24. The zero-order valence-corrected chi connectivity index (χ0v) is 11.4. The first-order valence-corrected chi connectivity index (χ1v) is 7.34. The Bertz CT molecular complexity index is 359. The lowest BCUT2D eigenvalue weighted by molar-refractivity contribution is -0.119. The minimum absolute atomic E-state index is 0.0841. The molecule has 0 fully saturated rings. The Morgan fingerprint density at radius 2 is 2.35 bits per heavy atom. The van der Waals surface area contributed by atoms with Crippen LogP contribution >= 0.6 is 34.7 Å². The van der Waals surface area contributed by atoms with Crippen molar-refractivity contribution in [2.24, 2.45) is 0 Å². The first-order valence-electron chi connectivity index (χ1n) is 4.99. The first-order chi connectivity index (χ1) is 8.11. The van der Waals surface area contributed by atoms with Gasteiger partial charge in [-0.15, -0.1) is 23.1 Å². The molecule has 1 amide bonds. The molecule has 0 radical (unpaired) electrons. The Labute approximate surface area is 113 Å². The smallest absolute Gasteiger partial charge is 0.230 e. The van der Waals surface area contributed by atoms with E-state index >= 15 is 0 Å². The van der Waals surface area contributed by atoms with Gasteiger partial charge in [-0.3, -0.25) is 4.79 Å². The summed E-state index contributed by atoms with van der Waals surface area (Å²) in [4.78, 5) is 12.4. The van der Waals surface area contributed by atoms with E-state index in [2.05, 4.69) is 5.32 Å². The Hall–Kier alpha value is -0.270.